The molecule has 2 aliphatic heterocycles. The van der Waals surface area contributed by atoms with Crippen molar-refractivity contribution in [2.24, 2.45) is 0 Å². The minimum atomic E-state index is -3.87. The van der Waals surface area contributed by atoms with Crippen LogP contribution in [-0.2, 0) is 21.2 Å². The normalized spacial score (nSPS) is 19.1. The molecule has 0 aromatic heterocycles. The van der Waals surface area contributed by atoms with Gasteiger partial charge in [-0.05, 0) is 47.5 Å². The third-order valence-electron chi connectivity index (χ3n) is 5.52. The summed E-state index contributed by atoms with van der Waals surface area (Å²) in [4.78, 5) is 14.8. The van der Waals surface area contributed by atoms with Gasteiger partial charge in [-0.25, -0.2) is 12.8 Å². The fourth-order valence-corrected chi connectivity index (χ4v) is 5.85. The number of hydrogen-bond acceptors (Lipinski definition) is 5. The quantitative estimate of drug-likeness (QED) is 0.617. The number of amides is 1. The highest BCUT2D eigenvalue weighted by Crippen LogP contribution is 2.43. The molecule has 0 N–H and O–H groups in total. The maximum absolute atomic E-state index is 13.6. The summed E-state index contributed by atoms with van der Waals surface area (Å²) in [7, 11) is -3.87. The summed E-state index contributed by atoms with van der Waals surface area (Å²) in [6.07, 6.45) is -0.224. The van der Waals surface area contributed by atoms with E-state index < -0.39 is 15.1 Å². The van der Waals surface area contributed by atoms with E-state index in [-0.39, 0.29) is 36.4 Å². The first kappa shape index (κ1) is 19.6. The molecule has 0 aliphatic carbocycles. The second kappa shape index (κ2) is 7.39. The summed E-state index contributed by atoms with van der Waals surface area (Å²) < 4.78 is 51.2. The van der Waals surface area contributed by atoms with Crippen LogP contribution in [0, 0.1) is 5.82 Å². The van der Waals surface area contributed by atoms with Crippen LogP contribution in [0.3, 0.4) is 0 Å². The zero-order chi connectivity index (χ0) is 21.6. The van der Waals surface area contributed by atoms with E-state index in [1.165, 1.54) is 23.1 Å². The highest BCUT2D eigenvalue weighted by molar-refractivity contribution is 7.92. The lowest BCUT2D eigenvalue weighted by Crippen LogP contribution is -2.30. The van der Waals surface area contributed by atoms with Gasteiger partial charge in [0.1, 0.15) is 5.82 Å². The fourth-order valence-electron chi connectivity index (χ4n) is 3.94. The van der Waals surface area contributed by atoms with Crippen molar-refractivity contribution in [2.75, 3.05) is 11.7 Å². The molecule has 8 heteroatoms. The molecule has 2 aliphatic rings. The van der Waals surface area contributed by atoms with Crippen LogP contribution >= 0.6 is 0 Å². The van der Waals surface area contributed by atoms with Crippen molar-refractivity contribution >= 4 is 21.4 Å². The summed E-state index contributed by atoms with van der Waals surface area (Å²) in [5, 5.41) is -1.06. The Hall–Kier alpha value is -3.39. The van der Waals surface area contributed by atoms with Crippen LogP contribution in [0.5, 0.6) is 11.5 Å². The Labute approximate surface area is 178 Å². The number of para-hydroxylation sites is 1. The number of fused-ring (bicyclic) bond motifs is 2. The smallest absolute Gasteiger partial charge is 0.231 e. The zero-order valence-electron chi connectivity index (χ0n) is 16.3. The van der Waals surface area contributed by atoms with Crippen molar-refractivity contribution in [1.82, 2.24) is 0 Å². The van der Waals surface area contributed by atoms with Crippen molar-refractivity contribution < 1.29 is 27.1 Å². The van der Waals surface area contributed by atoms with Crippen molar-refractivity contribution in [2.45, 2.75) is 23.1 Å². The van der Waals surface area contributed by atoms with Crippen molar-refractivity contribution in [3.05, 3.63) is 83.7 Å². The van der Waals surface area contributed by atoms with E-state index in [2.05, 4.69) is 0 Å². The lowest BCUT2D eigenvalue weighted by molar-refractivity contribution is -0.118. The lowest BCUT2D eigenvalue weighted by Gasteiger charge is -2.22. The van der Waals surface area contributed by atoms with Gasteiger partial charge in [0.2, 0.25) is 12.7 Å². The summed E-state index contributed by atoms with van der Waals surface area (Å²) in [5.41, 5.74) is 1.49. The summed E-state index contributed by atoms with van der Waals surface area (Å²) in [6.45, 7) is 0.211. The van der Waals surface area contributed by atoms with Crippen LogP contribution in [0.25, 0.3) is 0 Å². The Morgan fingerprint density at radius 1 is 0.968 bits per heavy atom. The number of carbonyl (C=O) groups excluding carboxylic acids is 1. The van der Waals surface area contributed by atoms with Crippen molar-refractivity contribution in [3.63, 3.8) is 0 Å². The number of carbonyl (C=O) groups is 1. The number of sulfone groups is 1. The molecule has 0 spiro atoms. The Bertz CT molecular complexity index is 1270. The van der Waals surface area contributed by atoms with Crippen LogP contribution in [0.15, 0.2) is 71.6 Å². The first-order valence-electron chi connectivity index (χ1n) is 9.71. The SMILES string of the molecule is O=C1CC(c2ccc3c(c2)OCO3)S(=O)(=O)c2ccccc2N1Cc1ccc(F)cc1. The van der Waals surface area contributed by atoms with Gasteiger partial charge in [0.15, 0.2) is 21.3 Å². The van der Waals surface area contributed by atoms with Crippen molar-refractivity contribution in [3.8, 4) is 11.5 Å². The Morgan fingerprint density at radius 2 is 1.71 bits per heavy atom. The highest BCUT2D eigenvalue weighted by atomic mass is 32.2. The molecule has 3 aromatic rings. The van der Waals surface area contributed by atoms with Gasteiger partial charge >= 0.3 is 0 Å². The predicted molar refractivity (Wildman–Crippen MR) is 111 cm³/mol. The molecule has 1 amide bonds. The number of halogens is 1. The maximum atomic E-state index is 13.6. The standard InChI is InChI=1S/C23H18FNO5S/c24-17-8-5-15(6-9-17)13-25-18-3-1-2-4-21(18)31(27,28)22(12-23(25)26)16-7-10-19-20(11-16)30-14-29-19/h1-11,22H,12-14H2. The minimum Gasteiger partial charge on any atom is -0.454 e. The minimum absolute atomic E-state index is 0.0728. The van der Waals surface area contributed by atoms with E-state index in [0.29, 0.717) is 28.3 Å². The maximum Gasteiger partial charge on any atom is 0.231 e. The van der Waals surface area contributed by atoms with E-state index in [4.69, 9.17) is 9.47 Å². The van der Waals surface area contributed by atoms with Gasteiger partial charge in [-0.15, -0.1) is 0 Å². The number of anilines is 1. The first-order chi connectivity index (χ1) is 14.9. The predicted octanol–water partition coefficient (Wildman–Crippen LogP) is 4.01. The Morgan fingerprint density at radius 3 is 2.52 bits per heavy atom. The largest absolute Gasteiger partial charge is 0.454 e. The molecule has 3 aromatic carbocycles. The first-order valence-corrected chi connectivity index (χ1v) is 11.3. The number of nitrogens with zero attached hydrogens (tertiary/aromatic N) is 1. The van der Waals surface area contributed by atoms with E-state index in [9.17, 15) is 17.6 Å². The summed E-state index contributed by atoms with van der Waals surface area (Å²) in [6, 6.07) is 17.2. The highest BCUT2D eigenvalue weighted by Gasteiger charge is 2.39. The molecule has 2 heterocycles. The number of benzene rings is 3. The molecule has 1 unspecified atom stereocenters. The molecular weight excluding hydrogens is 421 g/mol. The van der Waals surface area contributed by atoms with E-state index in [0.717, 1.165) is 0 Å². The van der Waals surface area contributed by atoms with Gasteiger partial charge in [-0.1, -0.05) is 30.3 Å². The Balaban J connectivity index is 1.60. The van der Waals surface area contributed by atoms with Crippen LogP contribution in [-0.4, -0.2) is 21.1 Å². The van der Waals surface area contributed by atoms with E-state index >= 15 is 0 Å². The summed E-state index contributed by atoms with van der Waals surface area (Å²) in [5.74, 6) is 0.289. The lowest BCUT2D eigenvalue weighted by atomic mass is 10.1. The van der Waals surface area contributed by atoms with Crippen LogP contribution in [0.4, 0.5) is 10.1 Å². The molecule has 0 saturated heterocycles. The Kier molecular flexibility index (Phi) is 4.66. The van der Waals surface area contributed by atoms with Gasteiger partial charge in [0.25, 0.3) is 0 Å². The second-order valence-electron chi connectivity index (χ2n) is 7.42. The third-order valence-corrected chi connectivity index (χ3v) is 7.67. The number of ether oxygens (including phenoxy) is 2. The topological polar surface area (TPSA) is 72.9 Å². The van der Waals surface area contributed by atoms with Gasteiger partial charge < -0.3 is 14.4 Å². The molecule has 0 bridgehead atoms. The molecule has 31 heavy (non-hydrogen) atoms. The van der Waals surface area contributed by atoms with E-state index in [1.807, 2.05) is 0 Å². The van der Waals surface area contributed by atoms with Crippen molar-refractivity contribution in [1.29, 1.82) is 0 Å². The van der Waals surface area contributed by atoms with E-state index in [1.54, 1.807) is 48.5 Å². The molecule has 0 saturated carbocycles. The monoisotopic (exact) mass is 439 g/mol. The number of rotatable bonds is 3. The molecule has 5 rings (SSSR count). The van der Waals surface area contributed by atoms with Gasteiger partial charge in [-0.2, -0.15) is 0 Å². The third kappa shape index (κ3) is 3.42. The van der Waals surface area contributed by atoms with Crippen LogP contribution in [0.1, 0.15) is 22.8 Å². The number of hydrogen-bond donors (Lipinski definition) is 0. The molecular formula is C23H18FNO5S. The van der Waals surface area contributed by atoms with Crippen LogP contribution in [0.2, 0.25) is 0 Å². The molecule has 0 fully saturated rings. The van der Waals surface area contributed by atoms with Gasteiger partial charge in [0, 0.05) is 6.42 Å². The summed E-state index contributed by atoms with van der Waals surface area (Å²) >= 11 is 0. The molecule has 6 nitrogen and oxygen atoms in total. The average molecular weight is 439 g/mol. The van der Waals surface area contributed by atoms with Crippen LogP contribution < -0.4 is 14.4 Å². The van der Waals surface area contributed by atoms with Gasteiger partial charge in [-0.3, -0.25) is 4.79 Å². The van der Waals surface area contributed by atoms with Gasteiger partial charge in [0.05, 0.1) is 22.4 Å². The molecule has 0 radical (unpaired) electrons. The second-order valence-corrected chi connectivity index (χ2v) is 9.52. The fraction of sp³-hybridized carbons (Fsp3) is 0.174. The molecule has 1 atom stereocenters. The molecule has 158 valence electrons. The average Bonchev–Trinajstić information content (AvgIpc) is 3.22. The zero-order valence-corrected chi connectivity index (χ0v) is 17.1.